The number of hydrogen-bond donors (Lipinski definition) is 1. The fourth-order valence-electron chi connectivity index (χ4n) is 2.05. The summed E-state index contributed by atoms with van der Waals surface area (Å²) < 4.78 is 15.5. The fraction of sp³-hybridized carbons (Fsp3) is 0.263. The number of carbonyl (C=O) groups is 2. The third-order valence-electron chi connectivity index (χ3n) is 3.31. The van der Waals surface area contributed by atoms with Gasteiger partial charge >= 0.3 is 5.97 Å². The van der Waals surface area contributed by atoms with Crippen molar-refractivity contribution in [1.82, 2.24) is 5.32 Å². The molecule has 0 aromatic heterocycles. The summed E-state index contributed by atoms with van der Waals surface area (Å²) >= 11 is 0. The molecule has 0 saturated heterocycles. The van der Waals surface area contributed by atoms with Crippen molar-refractivity contribution in [3.8, 4) is 11.5 Å². The molecule has 0 fully saturated rings. The van der Waals surface area contributed by atoms with Crippen molar-refractivity contribution in [3.63, 3.8) is 0 Å². The van der Waals surface area contributed by atoms with E-state index in [4.69, 9.17) is 14.2 Å². The Bertz CT molecular complexity index is 670. The molecule has 6 nitrogen and oxygen atoms in total. The van der Waals surface area contributed by atoms with E-state index < -0.39 is 5.97 Å². The summed E-state index contributed by atoms with van der Waals surface area (Å²) in [6.07, 6.45) is 0.231. The average Bonchev–Trinajstić information content (AvgIpc) is 2.65. The lowest BCUT2D eigenvalue weighted by molar-refractivity contribution is -0.144. The van der Waals surface area contributed by atoms with E-state index in [9.17, 15) is 9.59 Å². The summed E-state index contributed by atoms with van der Waals surface area (Å²) in [6, 6.07) is 16.4. The molecule has 0 atom stereocenters. The SMILES string of the molecule is COc1ccc(OCCOC(=O)CNC(=O)Cc2ccccc2)cc1. The van der Waals surface area contributed by atoms with Crippen LogP contribution in [-0.2, 0) is 20.7 Å². The van der Waals surface area contributed by atoms with E-state index in [2.05, 4.69) is 5.32 Å². The number of amides is 1. The summed E-state index contributed by atoms with van der Waals surface area (Å²) in [5.41, 5.74) is 0.890. The minimum Gasteiger partial charge on any atom is -0.497 e. The molecular weight excluding hydrogens is 322 g/mol. The van der Waals surface area contributed by atoms with Crippen molar-refractivity contribution in [2.75, 3.05) is 26.9 Å². The summed E-state index contributed by atoms with van der Waals surface area (Å²) in [7, 11) is 1.59. The Hall–Kier alpha value is -3.02. The van der Waals surface area contributed by atoms with E-state index in [0.29, 0.717) is 5.75 Å². The van der Waals surface area contributed by atoms with Gasteiger partial charge in [-0.15, -0.1) is 0 Å². The third kappa shape index (κ3) is 6.95. The summed E-state index contributed by atoms with van der Waals surface area (Å²) in [6.45, 7) is 0.184. The minimum absolute atomic E-state index is 0.111. The highest BCUT2D eigenvalue weighted by Crippen LogP contribution is 2.16. The van der Waals surface area contributed by atoms with E-state index in [1.165, 1.54) is 0 Å². The van der Waals surface area contributed by atoms with Crippen molar-refractivity contribution < 1.29 is 23.8 Å². The maximum Gasteiger partial charge on any atom is 0.325 e. The van der Waals surface area contributed by atoms with Crippen LogP contribution in [0.1, 0.15) is 5.56 Å². The van der Waals surface area contributed by atoms with Gasteiger partial charge in [-0.05, 0) is 29.8 Å². The van der Waals surface area contributed by atoms with Crippen LogP contribution in [0.3, 0.4) is 0 Å². The second kappa shape index (κ2) is 9.97. The summed E-state index contributed by atoms with van der Waals surface area (Å²) in [5, 5.41) is 2.53. The van der Waals surface area contributed by atoms with Crippen LogP contribution < -0.4 is 14.8 Å². The first-order chi connectivity index (χ1) is 12.2. The number of benzene rings is 2. The Morgan fingerprint density at radius 1 is 0.920 bits per heavy atom. The quantitative estimate of drug-likeness (QED) is 0.557. The van der Waals surface area contributed by atoms with Crippen LogP contribution in [0.4, 0.5) is 0 Å². The lowest BCUT2D eigenvalue weighted by Gasteiger charge is -2.09. The van der Waals surface area contributed by atoms with Gasteiger partial charge in [-0.25, -0.2) is 0 Å². The molecule has 0 bridgehead atoms. The number of rotatable bonds is 9. The van der Waals surface area contributed by atoms with Gasteiger partial charge in [-0.1, -0.05) is 30.3 Å². The topological polar surface area (TPSA) is 73.9 Å². The minimum atomic E-state index is -0.500. The zero-order chi connectivity index (χ0) is 17.9. The smallest absolute Gasteiger partial charge is 0.325 e. The Morgan fingerprint density at radius 3 is 2.28 bits per heavy atom. The van der Waals surface area contributed by atoms with Crippen molar-refractivity contribution in [3.05, 3.63) is 60.2 Å². The molecule has 6 heteroatoms. The zero-order valence-corrected chi connectivity index (χ0v) is 14.1. The Morgan fingerprint density at radius 2 is 1.60 bits per heavy atom. The molecule has 0 unspecified atom stereocenters. The highest BCUT2D eigenvalue weighted by molar-refractivity contribution is 5.83. The number of ether oxygens (including phenoxy) is 3. The zero-order valence-electron chi connectivity index (χ0n) is 14.1. The lowest BCUT2D eigenvalue weighted by atomic mass is 10.1. The predicted octanol–water partition coefficient (Wildman–Crippen LogP) is 1.98. The number of methoxy groups -OCH3 is 1. The molecule has 0 aliphatic carbocycles. The molecule has 0 saturated carbocycles. The number of carbonyl (C=O) groups excluding carboxylic acids is 2. The van der Waals surface area contributed by atoms with E-state index in [1.54, 1.807) is 31.4 Å². The third-order valence-corrected chi connectivity index (χ3v) is 3.31. The van der Waals surface area contributed by atoms with Gasteiger partial charge in [0.15, 0.2) is 0 Å². The molecule has 1 N–H and O–H groups in total. The molecule has 2 rings (SSSR count). The fourth-order valence-corrected chi connectivity index (χ4v) is 2.05. The number of nitrogens with one attached hydrogen (secondary N) is 1. The van der Waals surface area contributed by atoms with Crippen LogP contribution in [0.2, 0.25) is 0 Å². The van der Waals surface area contributed by atoms with Gasteiger partial charge < -0.3 is 19.5 Å². The van der Waals surface area contributed by atoms with Gasteiger partial charge in [-0.2, -0.15) is 0 Å². The maximum atomic E-state index is 11.7. The highest BCUT2D eigenvalue weighted by atomic mass is 16.6. The van der Waals surface area contributed by atoms with Crippen LogP contribution in [0.5, 0.6) is 11.5 Å². The standard InChI is InChI=1S/C19H21NO5/c1-23-16-7-9-17(10-8-16)24-11-12-25-19(22)14-20-18(21)13-15-5-3-2-4-6-15/h2-10H,11-14H2,1H3,(H,20,21). The van der Waals surface area contributed by atoms with Crippen molar-refractivity contribution in [2.45, 2.75) is 6.42 Å². The molecule has 1 amide bonds. The predicted molar refractivity (Wildman–Crippen MR) is 92.6 cm³/mol. The molecule has 132 valence electrons. The first-order valence-corrected chi connectivity index (χ1v) is 7.90. The highest BCUT2D eigenvalue weighted by Gasteiger charge is 2.07. The van der Waals surface area contributed by atoms with Crippen LogP contribution >= 0.6 is 0 Å². The molecule has 0 spiro atoms. The van der Waals surface area contributed by atoms with Crippen LogP contribution in [-0.4, -0.2) is 38.7 Å². The Balaban J connectivity index is 1.58. The van der Waals surface area contributed by atoms with Crippen LogP contribution in [0.15, 0.2) is 54.6 Å². The second-order valence-corrected chi connectivity index (χ2v) is 5.18. The summed E-state index contributed by atoms with van der Waals surface area (Å²) in [4.78, 5) is 23.3. The molecule has 0 heterocycles. The summed E-state index contributed by atoms with van der Waals surface area (Å²) in [5.74, 6) is 0.676. The van der Waals surface area contributed by atoms with Gasteiger partial charge in [0, 0.05) is 0 Å². The van der Waals surface area contributed by atoms with Gasteiger partial charge in [0.25, 0.3) is 0 Å². The maximum absolute atomic E-state index is 11.7. The molecule has 25 heavy (non-hydrogen) atoms. The molecule has 2 aromatic rings. The van der Waals surface area contributed by atoms with Crippen molar-refractivity contribution in [2.24, 2.45) is 0 Å². The van der Waals surface area contributed by atoms with E-state index in [1.807, 2.05) is 30.3 Å². The van der Waals surface area contributed by atoms with E-state index in [0.717, 1.165) is 11.3 Å². The molecule has 2 aromatic carbocycles. The van der Waals surface area contributed by atoms with Gasteiger partial charge in [-0.3, -0.25) is 9.59 Å². The van der Waals surface area contributed by atoms with Crippen molar-refractivity contribution in [1.29, 1.82) is 0 Å². The number of esters is 1. The Kier molecular flexibility index (Phi) is 7.31. The van der Waals surface area contributed by atoms with Crippen molar-refractivity contribution >= 4 is 11.9 Å². The first-order valence-electron chi connectivity index (χ1n) is 7.90. The van der Waals surface area contributed by atoms with E-state index >= 15 is 0 Å². The van der Waals surface area contributed by atoms with Gasteiger partial charge in [0.05, 0.1) is 13.5 Å². The second-order valence-electron chi connectivity index (χ2n) is 5.18. The normalized spacial score (nSPS) is 9.96. The number of hydrogen-bond acceptors (Lipinski definition) is 5. The molecule has 0 aliphatic rings. The molecule has 0 aliphatic heterocycles. The first kappa shape index (κ1) is 18.3. The van der Waals surface area contributed by atoms with Crippen LogP contribution in [0, 0.1) is 0 Å². The average molecular weight is 343 g/mol. The molecular formula is C19H21NO5. The van der Waals surface area contributed by atoms with Gasteiger partial charge in [0.1, 0.15) is 31.3 Å². The monoisotopic (exact) mass is 343 g/mol. The van der Waals surface area contributed by atoms with Crippen LogP contribution in [0.25, 0.3) is 0 Å². The molecule has 0 radical (unpaired) electrons. The lowest BCUT2D eigenvalue weighted by Crippen LogP contribution is -2.32. The van der Waals surface area contributed by atoms with E-state index in [-0.39, 0.29) is 32.1 Å². The Labute approximate surface area is 146 Å². The van der Waals surface area contributed by atoms with Gasteiger partial charge in [0.2, 0.25) is 5.91 Å². The largest absolute Gasteiger partial charge is 0.497 e.